The highest BCUT2D eigenvalue weighted by molar-refractivity contribution is 7.89. The van der Waals surface area contributed by atoms with Crippen molar-refractivity contribution in [3.8, 4) is 0 Å². The van der Waals surface area contributed by atoms with E-state index in [9.17, 15) is 13.2 Å². The first-order chi connectivity index (χ1) is 7.99. The molecule has 94 valence electrons. The molecule has 1 aromatic carbocycles. The van der Waals surface area contributed by atoms with Crippen LogP contribution in [-0.4, -0.2) is 35.0 Å². The van der Waals surface area contributed by atoms with Crippen molar-refractivity contribution >= 4 is 15.8 Å². The number of ether oxygens (including phenoxy) is 1. The van der Waals surface area contributed by atoms with Crippen LogP contribution < -0.4 is 4.72 Å². The largest absolute Gasteiger partial charge is 0.377 e. The lowest BCUT2D eigenvalue weighted by Gasteiger charge is -2.04. The van der Waals surface area contributed by atoms with Gasteiger partial charge < -0.3 is 4.74 Å². The molecule has 0 radical (unpaired) electrons. The second kappa shape index (κ2) is 5.90. The third-order valence-electron chi connectivity index (χ3n) is 2.21. The highest BCUT2D eigenvalue weighted by atomic mass is 32.2. The summed E-state index contributed by atoms with van der Waals surface area (Å²) in [6.07, 6.45) is 0.244. The highest BCUT2D eigenvalue weighted by Gasteiger charge is 2.11. The Bertz CT molecular complexity index is 479. The van der Waals surface area contributed by atoms with Crippen molar-refractivity contribution in [1.82, 2.24) is 4.72 Å². The van der Waals surface area contributed by atoms with Crippen molar-refractivity contribution in [2.75, 3.05) is 20.8 Å². The quantitative estimate of drug-likeness (QED) is 0.798. The maximum Gasteiger partial charge on any atom is 0.240 e. The van der Waals surface area contributed by atoms with Gasteiger partial charge in [-0.2, -0.15) is 0 Å². The number of rotatable bonds is 6. The first-order valence-corrected chi connectivity index (χ1v) is 6.51. The summed E-state index contributed by atoms with van der Waals surface area (Å²) in [4.78, 5) is 11.5. The molecule has 17 heavy (non-hydrogen) atoms. The Hall–Kier alpha value is -1.24. The summed E-state index contributed by atoms with van der Waals surface area (Å²) in [7, 11) is -0.602. The fourth-order valence-electron chi connectivity index (χ4n) is 1.34. The van der Waals surface area contributed by atoms with Gasteiger partial charge in [0.25, 0.3) is 0 Å². The first-order valence-electron chi connectivity index (χ1n) is 5.02. The molecule has 0 saturated carbocycles. The Morgan fingerprint density at radius 1 is 1.29 bits per heavy atom. The van der Waals surface area contributed by atoms with Crippen LogP contribution in [0.1, 0.15) is 5.56 Å². The third-order valence-corrected chi connectivity index (χ3v) is 3.64. The van der Waals surface area contributed by atoms with Crippen LogP contribution in [0.4, 0.5) is 0 Å². The average molecular weight is 257 g/mol. The zero-order chi connectivity index (χ0) is 12.9. The average Bonchev–Trinajstić information content (AvgIpc) is 2.30. The minimum atomic E-state index is -3.41. The summed E-state index contributed by atoms with van der Waals surface area (Å²) in [5, 5.41) is 0. The van der Waals surface area contributed by atoms with Crippen molar-refractivity contribution < 1.29 is 17.9 Å². The molecule has 0 heterocycles. The molecule has 5 nitrogen and oxygen atoms in total. The van der Waals surface area contributed by atoms with Crippen molar-refractivity contribution in [2.24, 2.45) is 0 Å². The fraction of sp³-hybridized carbons (Fsp3) is 0.364. The van der Waals surface area contributed by atoms with Crippen molar-refractivity contribution in [2.45, 2.75) is 11.3 Å². The van der Waals surface area contributed by atoms with E-state index in [0.29, 0.717) is 0 Å². The van der Waals surface area contributed by atoms with Gasteiger partial charge in [-0.25, -0.2) is 13.1 Å². The molecule has 1 N–H and O–H groups in total. The van der Waals surface area contributed by atoms with E-state index in [2.05, 4.69) is 4.72 Å². The molecule has 0 unspecified atom stereocenters. The van der Waals surface area contributed by atoms with E-state index in [1.807, 2.05) is 0 Å². The Morgan fingerprint density at radius 3 is 2.35 bits per heavy atom. The lowest BCUT2D eigenvalue weighted by molar-refractivity contribution is -0.121. The molecule has 0 aliphatic rings. The van der Waals surface area contributed by atoms with Gasteiger partial charge in [-0.05, 0) is 24.7 Å². The molecule has 0 saturated heterocycles. The molecule has 0 atom stereocenters. The SMILES string of the molecule is CNS(=O)(=O)c1ccc(CC(=O)COC)cc1. The zero-order valence-electron chi connectivity index (χ0n) is 9.76. The van der Waals surface area contributed by atoms with E-state index >= 15 is 0 Å². The summed E-state index contributed by atoms with van der Waals surface area (Å²) >= 11 is 0. The highest BCUT2D eigenvalue weighted by Crippen LogP contribution is 2.10. The standard InChI is InChI=1S/C11H15NO4S/c1-12-17(14,15)11-5-3-9(4-6-11)7-10(13)8-16-2/h3-6,12H,7-8H2,1-2H3. The van der Waals surface area contributed by atoms with E-state index in [1.54, 1.807) is 12.1 Å². The number of Topliss-reactive ketones (excluding diaryl/α,β-unsaturated/α-hetero) is 1. The predicted molar refractivity (Wildman–Crippen MR) is 63.3 cm³/mol. The maximum absolute atomic E-state index is 11.4. The van der Waals surface area contributed by atoms with Gasteiger partial charge in [0.2, 0.25) is 10.0 Å². The van der Waals surface area contributed by atoms with E-state index < -0.39 is 10.0 Å². The lowest BCUT2D eigenvalue weighted by atomic mass is 10.1. The van der Waals surface area contributed by atoms with Crippen LogP contribution in [0.15, 0.2) is 29.2 Å². The number of hydrogen-bond donors (Lipinski definition) is 1. The Kier molecular flexibility index (Phi) is 4.80. The minimum Gasteiger partial charge on any atom is -0.377 e. The van der Waals surface area contributed by atoms with Crippen LogP contribution in [0, 0.1) is 0 Å². The molecule has 0 bridgehead atoms. The summed E-state index contributed by atoms with van der Waals surface area (Å²) < 4.78 is 29.8. The molecular formula is C11H15NO4S. The predicted octanol–water partition coefficient (Wildman–Crippen LogP) is 0.353. The van der Waals surface area contributed by atoms with E-state index in [0.717, 1.165) is 5.56 Å². The van der Waals surface area contributed by atoms with Crippen LogP contribution in [0.2, 0.25) is 0 Å². The molecular weight excluding hydrogens is 242 g/mol. The molecule has 1 aromatic rings. The Morgan fingerprint density at radius 2 is 1.88 bits per heavy atom. The van der Waals surface area contributed by atoms with Gasteiger partial charge >= 0.3 is 0 Å². The van der Waals surface area contributed by atoms with Crippen LogP contribution in [0.25, 0.3) is 0 Å². The van der Waals surface area contributed by atoms with Gasteiger partial charge in [-0.1, -0.05) is 12.1 Å². The van der Waals surface area contributed by atoms with Crippen molar-refractivity contribution in [1.29, 1.82) is 0 Å². The summed E-state index contributed by atoms with van der Waals surface area (Å²) in [6, 6.07) is 6.19. The first kappa shape index (κ1) is 13.8. The summed E-state index contributed by atoms with van der Waals surface area (Å²) in [6.45, 7) is 0.0660. The number of ketones is 1. The molecule has 0 aliphatic heterocycles. The fourth-order valence-corrected chi connectivity index (χ4v) is 2.07. The molecule has 1 rings (SSSR count). The topological polar surface area (TPSA) is 72.5 Å². The number of carbonyl (C=O) groups excluding carboxylic acids is 1. The maximum atomic E-state index is 11.4. The third kappa shape index (κ3) is 3.92. The van der Waals surface area contributed by atoms with Gasteiger partial charge in [0, 0.05) is 13.5 Å². The van der Waals surface area contributed by atoms with E-state index in [1.165, 1.54) is 26.3 Å². The molecule has 6 heteroatoms. The van der Waals surface area contributed by atoms with Crippen LogP contribution in [0.3, 0.4) is 0 Å². The van der Waals surface area contributed by atoms with Gasteiger partial charge in [0.1, 0.15) is 6.61 Å². The number of hydrogen-bond acceptors (Lipinski definition) is 4. The molecule has 0 aliphatic carbocycles. The monoisotopic (exact) mass is 257 g/mol. The number of methoxy groups -OCH3 is 1. The molecule has 0 amide bonds. The lowest BCUT2D eigenvalue weighted by Crippen LogP contribution is -2.18. The summed E-state index contributed by atoms with van der Waals surface area (Å²) in [5.74, 6) is -0.0447. The minimum absolute atomic E-state index is 0.0447. The second-order valence-corrected chi connectivity index (χ2v) is 5.39. The summed E-state index contributed by atoms with van der Waals surface area (Å²) in [5.41, 5.74) is 0.766. The van der Waals surface area contributed by atoms with Gasteiger partial charge in [0.05, 0.1) is 4.90 Å². The smallest absolute Gasteiger partial charge is 0.240 e. The van der Waals surface area contributed by atoms with E-state index in [-0.39, 0.29) is 23.7 Å². The number of carbonyl (C=O) groups is 1. The molecule has 0 spiro atoms. The normalized spacial score (nSPS) is 11.4. The van der Waals surface area contributed by atoms with Crippen molar-refractivity contribution in [3.05, 3.63) is 29.8 Å². The Balaban J connectivity index is 2.79. The molecule has 0 fully saturated rings. The van der Waals surface area contributed by atoms with Gasteiger partial charge in [-0.3, -0.25) is 4.79 Å². The van der Waals surface area contributed by atoms with Crippen LogP contribution >= 0.6 is 0 Å². The van der Waals surface area contributed by atoms with Crippen LogP contribution in [0.5, 0.6) is 0 Å². The molecule has 0 aromatic heterocycles. The van der Waals surface area contributed by atoms with Crippen LogP contribution in [-0.2, 0) is 26.0 Å². The second-order valence-electron chi connectivity index (χ2n) is 3.50. The van der Waals surface area contributed by atoms with Crippen molar-refractivity contribution in [3.63, 3.8) is 0 Å². The van der Waals surface area contributed by atoms with E-state index in [4.69, 9.17) is 4.74 Å². The number of nitrogens with one attached hydrogen (secondary N) is 1. The van der Waals surface area contributed by atoms with Gasteiger partial charge in [-0.15, -0.1) is 0 Å². The van der Waals surface area contributed by atoms with Gasteiger partial charge in [0.15, 0.2) is 5.78 Å². The number of sulfonamides is 1. The number of benzene rings is 1. The zero-order valence-corrected chi connectivity index (χ0v) is 10.6. The Labute approximate surface area is 101 Å².